The highest BCUT2D eigenvalue weighted by molar-refractivity contribution is 9.10. The van der Waals surface area contributed by atoms with Crippen LogP contribution in [0.3, 0.4) is 0 Å². The topological polar surface area (TPSA) is 21.3 Å². The van der Waals surface area contributed by atoms with Crippen molar-refractivity contribution in [2.45, 2.75) is 13.0 Å². The van der Waals surface area contributed by atoms with E-state index in [1.165, 1.54) is 11.1 Å². The molecule has 4 heteroatoms. The summed E-state index contributed by atoms with van der Waals surface area (Å²) in [4.78, 5) is 0. The van der Waals surface area contributed by atoms with E-state index >= 15 is 0 Å². The summed E-state index contributed by atoms with van der Waals surface area (Å²) in [5, 5.41) is 3.45. The third-order valence-corrected chi connectivity index (χ3v) is 3.52. The minimum Gasteiger partial charge on any atom is -1.00 e. The van der Waals surface area contributed by atoms with Gasteiger partial charge in [-0.1, -0.05) is 40.2 Å². The van der Waals surface area contributed by atoms with E-state index in [0.717, 1.165) is 29.7 Å². The van der Waals surface area contributed by atoms with E-state index in [2.05, 4.69) is 57.6 Å². The molecule has 0 heterocycles. The van der Waals surface area contributed by atoms with Gasteiger partial charge in [0.25, 0.3) is 0 Å². The number of rotatable bonds is 6. The van der Waals surface area contributed by atoms with Gasteiger partial charge in [0.2, 0.25) is 0 Å². The lowest BCUT2D eigenvalue weighted by Crippen LogP contribution is -3.00. The van der Waals surface area contributed by atoms with Crippen LogP contribution in [-0.4, -0.2) is 13.7 Å². The van der Waals surface area contributed by atoms with E-state index < -0.39 is 0 Å². The predicted octanol–water partition coefficient (Wildman–Crippen LogP) is 0.794. The molecule has 0 unspecified atom stereocenters. The molecule has 2 nitrogen and oxygen atoms in total. The summed E-state index contributed by atoms with van der Waals surface area (Å²) in [7, 11) is 1.69. The second-order valence-corrected chi connectivity index (χ2v) is 5.32. The summed E-state index contributed by atoms with van der Waals surface area (Å²) in [6.45, 7) is 1.88. The molecule has 0 saturated carbocycles. The Hall–Kier alpha value is -1.03. The zero-order valence-corrected chi connectivity index (χ0v) is 13.7. The van der Waals surface area contributed by atoms with Crippen LogP contribution in [0.15, 0.2) is 53.0 Å². The quantitative estimate of drug-likeness (QED) is 0.774. The van der Waals surface area contributed by atoms with E-state index in [0.29, 0.717) is 0 Å². The molecule has 2 rings (SSSR count). The monoisotopic (exact) mass is 354 g/mol. The molecule has 0 spiro atoms. The van der Waals surface area contributed by atoms with Gasteiger partial charge in [0.1, 0.15) is 5.75 Å². The van der Waals surface area contributed by atoms with Crippen LogP contribution in [0.2, 0.25) is 0 Å². The zero-order valence-electron chi connectivity index (χ0n) is 11.4. The maximum Gasteiger partial charge on any atom is 0.118 e. The summed E-state index contributed by atoms with van der Waals surface area (Å²) >= 11 is 3.44. The molecule has 0 saturated heterocycles. The second kappa shape index (κ2) is 9.01. The van der Waals surface area contributed by atoms with Crippen LogP contribution in [0.4, 0.5) is 0 Å². The summed E-state index contributed by atoms with van der Waals surface area (Å²) < 4.78 is 6.26. The standard InChI is InChI=1S/C16H18BrNO.ClH/c1-19-16-8-4-13(5-9-16)10-11-18-12-14-2-6-15(17)7-3-14;/h2-9,18H,10-12H2,1H3;1H/p-1. The largest absolute Gasteiger partial charge is 1.00 e. The van der Waals surface area contributed by atoms with Crippen molar-refractivity contribution in [3.05, 3.63) is 64.1 Å². The zero-order chi connectivity index (χ0) is 13.5. The number of halogens is 2. The molecule has 0 amide bonds. The third kappa shape index (κ3) is 5.53. The van der Waals surface area contributed by atoms with Gasteiger partial charge in [-0.05, 0) is 48.4 Å². The Morgan fingerprint density at radius 3 is 2.15 bits per heavy atom. The first-order chi connectivity index (χ1) is 9.28. The Bertz CT molecular complexity index is 499. The number of methoxy groups -OCH3 is 1. The first-order valence-electron chi connectivity index (χ1n) is 6.36. The van der Waals surface area contributed by atoms with Gasteiger partial charge in [0.15, 0.2) is 0 Å². The normalized spacial score (nSPS) is 9.90. The van der Waals surface area contributed by atoms with Gasteiger partial charge in [-0.25, -0.2) is 0 Å². The van der Waals surface area contributed by atoms with Crippen LogP contribution < -0.4 is 22.5 Å². The minimum absolute atomic E-state index is 0. The van der Waals surface area contributed by atoms with E-state index in [-0.39, 0.29) is 12.4 Å². The van der Waals surface area contributed by atoms with Crippen molar-refractivity contribution in [3.8, 4) is 5.75 Å². The van der Waals surface area contributed by atoms with Crippen LogP contribution >= 0.6 is 15.9 Å². The fourth-order valence-corrected chi connectivity index (χ4v) is 2.12. The van der Waals surface area contributed by atoms with E-state index in [4.69, 9.17) is 4.74 Å². The fourth-order valence-electron chi connectivity index (χ4n) is 1.86. The smallest absolute Gasteiger partial charge is 0.118 e. The third-order valence-electron chi connectivity index (χ3n) is 2.99. The second-order valence-electron chi connectivity index (χ2n) is 4.40. The number of nitrogens with one attached hydrogen (secondary N) is 1. The highest BCUT2D eigenvalue weighted by Gasteiger charge is 1.96. The first kappa shape index (κ1) is 17.0. The van der Waals surface area contributed by atoms with Crippen molar-refractivity contribution in [1.82, 2.24) is 5.32 Å². The summed E-state index contributed by atoms with van der Waals surface area (Å²) in [5.41, 5.74) is 2.63. The molecule has 0 aliphatic rings. The van der Waals surface area contributed by atoms with Crippen molar-refractivity contribution in [2.75, 3.05) is 13.7 Å². The van der Waals surface area contributed by atoms with Gasteiger partial charge < -0.3 is 22.5 Å². The van der Waals surface area contributed by atoms with Crippen molar-refractivity contribution >= 4 is 15.9 Å². The molecule has 108 valence electrons. The molecule has 1 N–H and O–H groups in total. The summed E-state index contributed by atoms with van der Waals surface area (Å²) in [6, 6.07) is 16.6. The fraction of sp³-hybridized carbons (Fsp3) is 0.250. The van der Waals surface area contributed by atoms with Crippen molar-refractivity contribution in [1.29, 1.82) is 0 Å². The molecule has 2 aromatic carbocycles. The molecule has 0 aliphatic heterocycles. The SMILES string of the molecule is COc1ccc(CCNCc2ccc(Br)cc2)cc1.[Cl-]. The maximum atomic E-state index is 5.14. The Labute approximate surface area is 135 Å². The predicted molar refractivity (Wildman–Crippen MR) is 82.5 cm³/mol. The lowest BCUT2D eigenvalue weighted by atomic mass is 10.1. The van der Waals surface area contributed by atoms with Gasteiger partial charge in [0, 0.05) is 11.0 Å². The number of ether oxygens (including phenoxy) is 1. The molecule has 0 aromatic heterocycles. The Morgan fingerprint density at radius 2 is 1.55 bits per heavy atom. The van der Waals surface area contributed by atoms with E-state index in [1.54, 1.807) is 7.11 Å². The van der Waals surface area contributed by atoms with Crippen LogP contribution in [0.5, 0.6) is 5.75 Å². The molecule has 0 bridgehead atoms. The molecule has 0 radical (unpaired) electrons. The Kier molecular flexibility index (Phi) is 7.67. The van der Waals surface area contributed by atoms with Gasteiger partial charge in [0.05, 0.1) is 7.11 Å². The summed E-state index contributed by atoms with van der Waals surface area (Å²) in [6.07, 6.45) is 1.03. The highest BCUT2D eigenvalue weighted by atomic mass is 79.9. The molecule has 2 aromatic rings. The van der Waals surface area contributed by atoms with E-state index in [9.17, 15) is 0 Å². The first-order valence-corrected chi connectivity index (χ1v) is 7.15. The maximum absolute atomic E-state index is 5.14. The molecular weight excluding hydrogens is 338 g/mol. The Balaban J connectivity index is 0.00000200. The van der Waals surface area contributed by atoms with Crippen LogP contribution in [0.25, 0.3) is 0 Å². The van der Waals surface area contributed by atoms with Gasteiger partial charge >= 0.3 is 0 Å². The van der Waals surface area contributed by atoms with Crippen molar-refractivity contribution in [2.24, 2.45) is 0 Å². The number of benzene rings is 2. The molecule has 0 fully saturated rings. The highest BCUT2D eigenvalue weighted by Crippen LogP contribution is 2.12. The molecule has 0 aliphatic carbocycles. The number of hydrogen-bond donors (Lipinski definition) is 1. The van der Waals surface area contributed by atoms with Crippen LogP contribution in [-0.2, 0) is 13.0 Å². The van der Waals surface area contributed by atoms with Crippen LogP contribution in [0, 0.1) is 0 Å². The average molecular weight is 356 g/mol. The summed E-state index contributed by atoms with van der Waals surface area (Å²) in [5.74, 6) is 0.909. The van der Waals surface area contributed by atoms with Crippen LogP contribution in [0.1, 0.15) is 11.1 Å². The lowest BCUT2D eigenvalue weighted by molar-refractivity contribution is -0.00000409. The van der Waals surface area contributed by atoms with Crippen molar-refractivity contribution < 1.29 is 17.1 Å². The lowest BCUT2D eigenvalue weighted by Gasteiger charge is -2.06. The van der Waals surface area contributed by atoms with Crippen molar-refractivity contribution in [3.63, 3.8) is 0 Å². The minimum atomic E-state index is 0. The molecule has 20 heavy (non-hydrogen) atoms. The van der Waals surface area contributed by atoms with E-state index in [1.807, 2.05) is 12.1 Å². The average Bonchev–Trinajstić information content (AvgIpc) is 2.46. The van der Waals surface area contributed by atoms with Gasteiger partial charge in [-0.15, -0.1) is 0 Å². The molecular formula is C16H18BrClNO-. The Morgan fingerprint density at radius 1 is 0.950 bits per heavy atom. The number of hydrogen-bond acceptors (Lipinski definition) is 2. The van der Waals surface area contributed by atoms with Gasteiger partial charge in [-0.2, -0.15) is 0 Å². The molecule has 0 atom stereocenters. The van der Waals surface area contributed by atoms with Gasteiger partial charge in [-0.3, -0.25) is 0 Å².